The van der Waals surface area contributed by atoms with Gasteiger partial charge in [0.15, 0.2) is 0 Å². The zero-order valence-electron chi connectivity index (χ0n) is 14.6. The zero-order valence-corrected chi connectivity index (χ0v) is 15.4. The number of hydrogen-bond acceptors (Lipinski definition) is 7. The first-order chi connectivity index (χ1) is 11.6. The molecule has 1 aliphatic heterocycles. The van der Waals surface area contributed by atoms with Crippen molar-refractivity contribution < 1.29 is 29.0 Å². The van der Waals surface area contributed by atoms with Crippen LogP contribution in [0.4, 0.5) is 5.00 Å². The minimum absolute atomic E-state index is 0.0426. The van der Waals surface area contributed by atoms with Crippen LogP contribution in [0.25, 0.3) is 0 Å². The normalized spacial score (nSPS) is 16.5. The fourth-order valence-electron chi connectivity index (χ4n) is 2.44. The Morgan fingerprint density at radius 2 is 2.04 bits per heavy atom. The summed E-state index contributed by atoms with van der Waals surface area (Å²) in [6.07, 6.45) is -0.274. The highest BCUT2D eigenvalue weighted by Crippen LogP contribution is 2.40. The molecule has 138 valence electrons. The average Bonchev–Trinajstić information content (AvgIpc) is 2.87. The molecule has 2 amide bonds. The summed E-state index contributed by atoms with van der Waals surface area (Å²) in [5, 5.41) is 14.2. The molecule has 1 aromatic rings. The Morgan fingerprint density at radius 3 is 2.64 bits per heavy atom. The zero-order chi connectivity index (χ0) is 18.8. The molecule has 0 fully saturated rings. The van der Waals surface area contributed by atoms with E-state index in [-0.39, 0.29) is 17.1 Å². The highest BCUT2D eigenvalue weighted by Gasteiger charge is 2.34. The van der Waals surface area contributed by atoms with Crippen LogP contribution in [-0.4, -0.2) is 48.2 Å². The van der Waals surface area contributed by atoms with Crippen molar-refractivity contribution in [3.05, 3.63) is 16.0 Å². The lowest BCUT2D eigenvalue weighted by atomic mass is 9.93. The fraction of sp³-hybridized carbons (Fsp3) is 0.562. The van der Waals surface area contributed by atoms with Crippen LogP contribution in [0.2, 0.25) is 0 Å². The maximum absolute atomic E-state index is 12.2. The summed E-state index contributed by atoms with van der Waals surface area (Å²) in [7, 11) is 1.26. The second-order valence-corrected chi connectivity index (χ2v) is 7.54. The molecule has 0 unspecified atom stereocenters. The predicted octanol–water partition coefficient (Wildman–Crippen LogP) is 0.821. The molecule has 0 saturated carbocycles. The van der Waals surface area contributed by atoms with Crippen molar-refractivity contribution in [2.24, 2.45) is 0 Å². The third-order valence-electron chi connectivity index (χ3n) is 3.67. The van der Waals surface area contributed by atoms with Gasteiger partial charge in [0, 0.05) is 17.8 Å². The molecule has 3 N–H and O–H groups in total. The summed E-state index contributed by atoms with van der Waals surface area (Å²) < 4.78 is 10.6. The van der Waals surface area contributed by atoms with Crippen LogP contribution in [0.1, 0.15) is 41.6 Å². The SMILES string of the molecule is COC(=O)c1c(NC(=O)C(=O)NC[C@@H](C)O)sc2c1CC(C)(C)OC2. The van der Waals surface area contributed by atoms with E-state index in [9.17, 15) is 14.4 Å². The molecule has 8 nitrogen and oxygen atoms in total. The van der Waals surface area contributed by atoms with Gasteiger partial charge in [-0.15, -0.1) is 11.3 Å². The summed E-state index contributed by atoms with van der Waals surface area (Å²) >= 11 is 1.19. The molecule has 0 saturated heterocycles. The van der Waals surface area contributed by atoms with Gasteiger partial charge in [0.1, 0.15) is 5.00 Å². The number of amides is 2. The van der Waals surface area contributed by atoms with Gasteiger partial charge >= 0.3 is 17.8 Å². The maximum Gasteiger partial charge on any atom is 0.341 e. The Hall–Kier alpha value is -1.97. The number of ether oxygens (including phenoxy) is 2. The van der Waals surface area contributed by atoms with E-state index in [2.05, 4.69) is 10.6 Å². The van der Waals surface area contributed by atoms with Crippen molar-refractivity contribution in [2.45, 2.75) is 45.5 Å². The Labute approximate surface area is 149 Å². The van der Waals surface area contributed by atoms with Gasteiger partial charge < -0.3 is 25.2 Å². The highest BCUT2D eigenvalue weighted by molar-refractivity contribution is 7.17. The molecule has 0 radical (unpaired) electrons. The average molecular weight is 370 g/mol. The van der Waals surface area contributed by atoms with Gasteiger partial charge in [-0.1, -0.05) is 0 Å². The fourth-order valence-corrected chi connectivity index (χ4v) is 3.55. The predicted molar refractivity (Wildman–Crippen MR) is 91.6 cm³/mol. The molecule has 1 atom stereocenters. The number of nitrogens with one attached hydrogen (secondary N) is 2. The van der Waals surface area contributed by atoms with Crippen LogP contribution < -0.4 is 10.6 Å². The van der Waals surface area contributed by atoms with Gasteiger partial charge in [-0.25, -0.2) is 4.79 Å². The first-order valence-electron chi connectivity index (χ1n) is 7.78. The van der Waals surface area contributed by atoms with E-state index < -0.39 is 29.5 Å². The molecule has 2 heterocycles. The number of carbonyl (C=O) groups excluding carboxylic acids is 3. The van der Waals surface area contributed by atoms with E-state index in [1.807, 2.05) is 13.8 Å². The molecule has 2 rings (SSSR count). The molecular formula is C16H22N2O6S. The van der Waals surface area contributed by atoms with E-state index >= 15 is 0 Å². The number of aliphatic hydroxyl groups is 1. The van der Waals surface area contributed by atoms with E-state index in [0.29, 0.717) is 13.0 Å². The lowest BCUT2D eigenvalue weighted by molar-refractivity contribution is -0.136. The third kappa shape index (κ3) is 4.56. The Balaban J connectivity index is 2.26. The van der Waals surface area contributed by atoms with E-state index in [1.165, 1.54) is 25.4 Å². The van der Waals surface area contributed by atoms with E-state index in [0.717, 1.165) is 10.4 Å². The smallest absolute Gasteiger partial charge is 0.341 e. The minimum Gasteiger partial charge on any atom is -0.465 e. The van der Waals surface area contributed by atoms with Crippen LogP contribution in [-0.2, 0) is 32.1 Å². The van der Waals surface area contributed by atoms with Crippen LogP contribution >= 0.6 is 11.3 Å². The number of aliphatic hydroxyl groups excluding tert-OH is 1. The number of carbonyl (C=O) groups is 3. The monoisotopic (exact) mass is 370 g/mol. The Bertz CT molecular complexity index is 695. The van der Waals surface area contributed by atoms with Crippen molar-refractivity contribution in [1.82, 2.24) is 5.32 Å². The van der Waals surface area contributed by atoms with Gasteiger partial charge in [0.25, 0.3) is 0 Å². The lowest BCUT2D eigenvalue weighted by Gasteiger charge is -2.30. The molecule has 0 bridgehead atoms. The van der Waals surface area contributed by atoms with Gasteiger partial charge in [0.2, 0.25) is 0 Å². The Morgan fingerprint density at radius 1 is 1.36 bits per heavy atom. The van der Waals surface area contributed by atoms with Gasteiger partial charge in [-0.3, -0.25) is 9.59 Å². The molecule has 25 heavy (non-hydrogen) atoms. The van der Waals surface area contributed by atoms with Crippen LogP contribution in [0.3, 0.4) is 0 Å². The van der Waals surface area contributed by atoms with Crippen molar-refractivity contribution in [3.8, 4) is 0 Å². The molecule has 9 heteroatoms. The van der Waals surface area contributed by atoms with Crippen molar-refractivity contribution in [1.29, 1.82) is 0 Å². The number of fused-ring (bicyclic) bond motifs is 1. The summed E-state index contributed by atoms with van der Waals surface area (Å²) in [5.41, 5.74) is 0.593. The van der Waals surface area contributed by atoms with Gasteiger partial charge in [-0.05, 0) is 26.3 Å². The van der Waals surface area contributed by atoms with Gasteiger partial charge in [0.05, 0.1) is 31.0 Å². The summed E-state index contributed by atoms with van der Waals surface area (Å²) in [6.45, 7) is 5.59. The largest absolute Gasteiger partial charge is 0.465 e. The van der Waals surface area contributed by atoms with E-state index in [1.54, 1.807) is 0 Å². The summed E-state index contributed by atoms with van der Waals surface area (Å²) in [4.78, 5) is 36.8. The second kappa shape index (κ2) is 7.51. The van der Waals surface area contributed by atoms with Gasteiger partial charge in [-0.2, -0.15) is 0 Å². The molecule has 1 aromatic heterocycles. The van der Waals surface area contributed by atoms with Crippen molar-refractivity contribution in [3.63, 3.8) is 0 Å². The first-order valence-corrected chi connectivity index (χ1v) is 8.60. The number of methoxy groups -OCH3 is 1. The van der Waals surface area contributed by atoms with Crippen LogP contribution in [0, 0.1) is 0 Å². The maximum atomic E-state index is 12.2. The Kier molecular flexibility index (Phi) is 5.81. The quantitative estimate of drug-likeness (QED) is 0.534. The molecule has 0 spiro atoms. The topological polar surface area (TPSA) is 114 Å². The minimum atomic E-state index is -0.912. The second-order valence-electron chi connectivity index (χ2n) is 6.44. The molecular weight excluding hydrogens is 348 g/mol. The summed E-state index contributed by atoms with van der Waals surface area (Å²) in [5.74, 6) is -2.38. The molecule has 1 aliphatic rings. The van der Waals surface area contributed by atoms with Crippen molar-refractivity contribution in [2.75, 3.05) is 19.0 Å². The van der Waals surface area contributed by atoms with Crippen molar-refractivity contribution >= 4 is 34.1 Å². The molecule has 0 aromatic carbocycles. The standard InChI is InChI=1S/C16H22N2O6S/c1-8(19)6-17-12(20)13(21)18-14-11(15(22)23-4)9-5-16(2,3)24-7-10(9)25-14/h8,19H,5-7H2,1-4H3,(H,17,20)(H,18,21)/t8-/m1/s1. The number of rotatable bonds is 4. The number of thiophene rings is 1. The first kappa shape index (κ1) is 19.4. The van der Waals surface area contributed by atoms with Crippen LogP contribution in [0.5, 0.6) is 0 Å². The molecule has 0 aliphatic carbocycles. The number of esters is 1. The van der Waals surface area contributed by atoms with E-state index in [4.69, 9.17) is 14.6 Å². The summed E-state index contributed by atoms with van der Waals surface area (Å²) in [6, 6.07) is 0. The third-order valence-corrected chi connectivity index (χ3v) is 4.79. The van der Waals surface area contributed by atoms with Crippen LogP contribution in [0.15, 0.2) is 0 Å². The lowest BCUT2D eigenvalue weighted by Crippen LogP contribution is -2.39. The number of anilines is 1. The highest BCUT2D eigenvalue weighted by atomic mass is 32.1. The number of hydrogen-bond donors (Lipinski definition) is 3.